The van der Waals surface area contributed by atoms with Crippen molar-refractivity contribution in [3.63, 3.8) is 0 Å². The summed E-state index contributed by atoms with van der Waals surface area (Å²) in [6.45, 7) is 2.03. The Kier molecular flexibility index (Phi) is 4.36. The number of halogens is 1. The lowest BCUT2D eigenvalue weighted by Crippen LogP contribution is -2.32. The van der Waals surface area contributed by atoms with E-state index in [2.05, 4.69) is 27.0 Å². The van der Waals surface area contributed by atoms with Gasteiger partial charge in [-0.2, -0.15) is 0 Å². The number of hydrogen-bond acceptors (Lipinski definition) is 2. The third kappa shape index (κ3) is 2.77. The molecule has 134 valence electrons. The molecule has 0 radical (unpaired) electrons. The average Bonchev–Trinajstić information content (AvgIpc) is 3.02. The van der Waals surface area contributed by atoms with Crippen LogP contribution >= 0.6 is 15.9 Å². The zero-order valence-corrected chi connectivity index (χ0v) is 16.3. The first-order chi connectivity index (χ1) is 13.1. The summed E-state index contributed by atoms with van der Waals surface area (Å²) in [6.07, 6.45) is 0.988. The van der Waals surface area contributed by atoms with Gasteiger partial charge in [0.05, 0.1) is 0 Å². The summed E-state index contributed by atoms with van der Waals surface area (Å²) in [5.41, 5.74) is 3.52. The largest absolute Gasteiger partial charge is 0.508 e. The Morgan fingerprint density at radius 3 is 2.30 bits per heavy atom. The monoisotopic (exact) mass is 419 g/mol. The molecule has 3 aromatic carbocycles. The average molecular weight is 420 g/mol. The number of benzene rings is 3. The van der Waals surface area contributed by atoms with Crippen LogP contribution in [0.3, 0.4) is 0 Å². The molecule has 0 aliphatic carbocycles. The molecule has 0 bridgehead atoms. The van der Waals surface area contributed by atoms with Gasteiger partial charge < -0.3 is 14.9 Å². The molecule has 0 saturated carbocycles. The van der Waals surface area contributed by atoms with E-state index in [1.54, 1.807) is 24.3 Å². The molecule has 1 atom stereocenters. The number of hydrogen-bond donors (Lipinski definition) is 2. The molecule has 0 saturated heterocycles. The molecular formula is C23H18BrNO2. The molecule has 1 heterocycles. The number of aryl methyl sites for hydroxylation is 1. The van der Waals surface area contributed by atoms with Crippen LogP contribution in [0.25, 0.3) is 10.9 Å². The Bertz CT molecular complexity index is 1120. The van der Waals surface area contributed by atoms with Crippen LogP contribution in [0.5, 0.6) is 5.75 Å². The van der Waals surface area contributed by atoms with E-state index in [-0.39, 0.29) is 5.75 Å². The highest BCUT2D eigenvalue weighted by molar-refractivity contribution is 9.10. The normalized spacial score (nSPS) is 13.4. The minimum absolute atomic E-state index is 0.170. The molecule has 0 aliphatic heterocycles. The summed E-state index contributed by atoms with van der Waals surface area (Å²) < 4.78 is 0.990. The van der Waals surface area contributed by atoms with E-state index in [1.165, 1.54) is 0 Å². The summed E-state index contributed by atoms with van der Waals surface area (Å²) in [5, 5.41) is 10.8. The lowest BCUT2D eigenvalue weighted by Gasteiger charge is -2.29. The zero-order chi connectivity index (χ0) is 19.0. The predicted octanol–water partition coefficient (Wildman–Crippen LogP) is 5.48. The number of fused-ring (bicyclic) bond motifs is 1. The van der Waals surface area contributed by atoms with Gasteiger partial charge in [-0.15, -0.1) is 0 Å². The Morgan fingerprint density at radius 2 is 1.63 bits per heavy atom. The highest BCUT2D eigenvalue weighted by Crippen LogP contribution is 2.41. The number of H-pyrrole nitrogens is 1. The fraction of sp³-hybridized carbons (Fsp3) is 0.0870. The maximum Gasteiger partial charge on any atom is 0.140 e. The van der Waals surface area contributed by atoms with Crippen molar-refractivity contribution in [2.75, 3.05) is 0 Å². The van der Waals surface area contributed by atoms with Crippen LogP contribution in [-0.2, 0) is 10.2 Å². The van der Waals surface area contributed by atoms with Crippen LogP contribution in [0.1, 0.15) is 22.4 Å². The Hall–Kier alpha value is -2.85. The molecule has 4 heteroatoms. The molecule has 4 rings (SSSR count). The van der Waals surface area contributed by atoms with Gasteiger partial charge in [-0.1, -0.05) is 58.4 Å². The molecule has 27 heavy (non-hydrogen) atoms. The van der Waals surface area contributed by atoms with Crippen molar-refractivity contribution in [1.29, 1.82) is 0 Å². The molecule has 3 nitrogen and oxygen atoms in total. The maximum absolute atomic E-state index is 12.7. The van der Waals surface area contributed by atoms with Gasteiger partial charge in [-0.05, 0) is 53.9 Å². The number of aromatic hydroxyl groups is 1. The Morgan fingerprint density at radius 1 is 0.963 bits per heavy atom. The van der Waals surface area contributed by atoms with Crippen LogP contribution < -0.4 is 0 Å². The quantitative estimate of drug-likeness (QED) is 0.430. The fourth-order valence-electron chi connectivity index (χ4n) is 3.77. The minimum atomic E-state index is -0.995. The lowest BCUT2D eigenvalue weighted by atomic mass is 9.72. The Labute approximate surface area is 165 Å². The van der Waals surface area contributed by atoms with Gasteiger partial charge in [0.15, 0.2) is 0 Å². The van der Waals surface area contributed by atoms with E-state index in [4.69, 9.17) is 0 Å². The second-order valence-corrected chi connectivity index (χ2v) is 7.57. The SMILES string of the molecule is Cc1c([C@](C=O)(c2ccccc2)c2ccc(O)cc2)[nH]c2ccc(Br)cc12. The first-order valence-corrected chi connectivity index (χ1v) is 9.45. The number of rotatable bonds is 4. The highest BCUT2D eigenvalue weighted by Gasteiger charge is 2.39. The first kappa shape index (κ1) is 17.6. The van der Waals surface area contributed by atoms with Crippen LogP contribution in [-0.4, -0.2) is 16.4 Å². The number of phenolic OH excluding ortho intramolecular Hbond substituents is 1. The predicted molar refractivity (Wildman–Crippen MR) is 111 cm³/mol. The first-order valence-electron chi connectivity index (χ1n) is 8.66. The van der Waals surface area contributed by atoms with Crippen molar-refractivity contribution < 1.29 is 9.90 Å². The molecule has 1 aromatic heterocycles. The molecule has 0 aliphatic rings. The number of carbonyl (C=O) groups is 1. The topological polar surface area (TPSA) is 53.1 Å². The van der Waals surface area contributed by atoms with Crippen molar-refractivity contribution in [3.8, 4) is 5.75 Å². The molecule has 0 fully saturated rings. The number of aldehydes is 1. The van der Waals surface area contributed by atoms with Crippen LogP contribution in [0.4, 0.5) is 0 Å². The number of phenols is 1. The molecule has 0 amide bonds. The third-order valence-electron chi connectivity index (χ3n) is 5.14. The van der Waals surface area contributed by atoms with Crippen LogP contribution in [0.15, 0.2) is 77.3 Å². The third-order valence-corrected chi connectivity index (χ3v) is 5.64. The van der Waals surface area contributed by atoms with Crippen molar-refractivity contribution >= 4 is 33.1 Å². The van der Waals surface area contributed by atoms with Gasteiger partial charge in [0.25, 0.3) is 0 Å². The van der Waals surface area contributed by atoms with Crippen molar-refractivity contribution in [3.05, 3.63) is 99.7 Å². The standard InChI is InChI=1S/C23H18BrNO2/c1-15-20-13-18(24)9-12-21(20)25-22(15)23(14-26,16-5-3-2-4-6-16)17-7-10-19(27)11-8-17/h2-14,25,27H,1H3/t23-/m1/s1. The van der Waals surface area contributed by atoms with Gasteiger partial charge in [0, 0.05) is 21.1 Å². The second kappa shape index (κ2) is 6.71. The lowest BCUT2D eigenvalue weighted by molar-refractivity contribution is -0.110. The molecule has 0 unspecified atom stereocenters. The van der Waals surface area contributed by atoms with Gasteiger partial charge in [-0.25, -0.2) is 0 Å². The van der Waals surface area contributed by atoms with E-state index in [0.29, 0.717) is 0 Å². The number of nitrogens with one attached hydrogen (secondary N) is 1. The molecule has 4 aromatic rings. The summed E-state index contributed by atoms with van der Waals surface area (Å²) in [6, 6.07) is 22.6. The molecule has 0 spiro atoms. The second-order valence-electron chi connectivity index (χ2n) is 6.65. The summed E-state index contributed by atoms with van der Waals surface area (Å²) in [5.74, 6) is 0.170. The van der Waals surface area contributed by atoms with Gasteiger partial charge in [0.2, 0.25) is 0 Å². The summed E-state index contributed by atoms with van der Waals surface area (Å²) in [4.78, 5) is 16.2. The molecular weight excluding hydrogens is 402 g/mol. The molecule has 2 N–H and O–H groups in total. The van der Waals surface area contributed by atoms with Crippen molar-refractivity contribution in [2.45, 2.75) is 12.3 Å². The zero-order valence-electron chi connectivity index (χ0n) is 14.7. The summed E-state index contributed by atoms with van der Waals surface area (Å²) in [7, 11) is 0. The fourth-order valence-corrected chi connectivity index (χ4v) is 4.13. The number of carbonyl (C=O) groups excluding carboxylic acids is 1. The smallest absolute Gasteiger partial charge is 0.140 e. The number of aromatic nitrogens is 1. The van der Waals surface area contributed by atoms with E-state index in [9.17, 15) is 9.90 Å². The van der Waals surface area contributed by atoms with Crippen molar-refractivity contribution in [2.24, 2.45) is 0 Å². The Balaban J connectivity index is 2.09. The van der Waals surface area contributed by atoms with Crippen LogP contribution in [0, 0.1) is 6.92 Å². The maximum atomic E-state index is 12.7. The van der Waals surface area contributed by atoms with Crippen LogP contribution in [0.2, 0.25) is 0 Å². The van der Waals surface area contributed by atoms with Gasteiger partial charge in [0.1, 0.15) is 17.5 Å². The summed E-state index contributed by atoms with van der Waals surface area (Å²) >= 11 is 3.53. The van der Waals surface area contributed by atoms with E-state index < -0.39 is 5.41 Å². The van der Waals surface area contributed by atoms with E-state index in [1.807, 2.05) is 49.4 Å². The highest BCUT2D eigenvalue weighted by atomic mass is 79.9. The van der Waals surface area contributed by atoms with E-state index in [0.717, 1.165) is 44.0 Å². The van der Waals surface area contributed by atoms with Crippen molar-refractivity contribution in [1.82, 2.24) is 4.98 Å². The number of aromatic amines is 1. The van der Waals surface area contributed by atoms with Gasteiger partial charge in [-0.3, -0.25) is 0 Å². The van der Waals surface area contributed by atoms with E-state index >= 15 is 0 Å². The minimum Gasteiger partial charge on any atom is -0.508 e. The van der Waals surface area contributed by atoms with Gasteiger partial charge >= 0.3 is 0 Å².